The smallest absolute Gasteiger partial charge is 0.193 e. The van der Waals surface area contributed by atoms with Gasteiger partial charge in [-0.3, -0.25) is 4.99 Å². The number of nitrogens with one attached hydrogen (secondary N) is 1. The summed E-state index contributed by atoms with van der Waals surface area (Å²) in [6.07, 6.45) is 1.83. The third-order valence-corrected chi connectivity index (χ3v) is 5.63. The third-order valence-electron chi connectivity index (χ3n) is 5.63. The summed E-state index contributed by atoms with van der Waals surface area (Å²) in [7, 11) is 5.34. The summed E-state index contributed by atoms with van der Waals surface area (Å²) in [5, 5.41) is 3.53. The highest BCUT2D eigenvalue weighted by Crippen LogP contribution is 2.24. The number of benzene rings is 1. The summed E-state index contributed by atoms with van der Waals surface area (Å²) < 4.78 is 16.5. The highest BCUT2D eigenvalue weighted by atomic mass is 16.5. The predicted octanol–water partition coefficient (Wildman–Crippen LogP) is 1.59. The monoisotopic (exact) mass is 376 g/mol. The van der Waals surface area contributed by atoms with Crippen molar-refractivity contribution in [3.63, 3.8) is 0 Å². The number of ether oxygens (including phenoxy) is 3. The van der Waals surface area contributed by atoms with Gasteiger partial charge in [0.2, 0.25) is 0 Å². The van der Waals surface area contributed by atoms with Gasteiger partial charge >= 0.3 is 0 Å². The molecule has 0 spiro atoms. The van der Waals surface area contributed by atoms with Gasteiger partial charge in [-0.05, 0) is 24.3 Å². The molecule has 2 heterocycles. The highest BCUT2D eigenvalue weighted by Gasteiger charge is 2.33. The van der Waals surface area contributed by atoms with Gasteiger partial charge in [0.05, 0.1) is 12.7 Å². The van der Waals surface area contributed by atoms with E-state index in [1.807, 2.05) is 19.2 Å². The summed E-state index contributed by atoms with van der Waals surface area (Å²) in [6.45, 7) is 6.09. The minimum absolute atomic E-state index is 0.154. The Hall–Kier alpha value is -1.99. The highest BCUT2D eigenvalue weighted by molar-refractivity contribution is 5.80. The summed E-state index contributed by atoms with van der Waals surface area (Å²) in [5.74, 6) is 1.84. The zero-order chi connectivity index (χ0) is 19.1. The Morgan fingerprint density at radius 1 is 1.11 bits per heavy atom. The molecule has 2 saturated heterocycles. The van der Waals surface area contributed by atoms with Crippen LogP contribution in [-0.2, 0) is 9.47 Å². The quantitative estimate of drug-likeness (QED) is 0.622. The number of anilines is 1. The molecule has 2 aliphatic rings. The fraction of sp³-hybridized carbons (Fsp3) is 0.650. The maximum absolute atomic E-state index is 5.82. The van der Waals surface area contributed by atoms with Gasteiger partial charge in [0.1, 0.15) is 5.75 Å². The molecule has 7 heteroatoms. The minimum atomic E-state index is -0.154. The second-order valence-electron chi connectivity index (χ2n) is 7.07. The van der Waals surface area contributed by atoms with Crippen LogP contribution < -0.4 is 15.0 Å². The van der Waals surface area contributed by atoms with Gasteiger partial charge in [-0.1, -0.05) is 0 Å². The van der Waals surface area contributed by atoms with E-state index >= 15 is 0 Å². The van der Waals surface area contributed by atoms with Crippen LogP contribution in [0.4, 0.5) is 5.69 Å². The molecule has 0 amide bonds. The topological polar surface area (TPSA) is 58.6 Å². The molecular weight excluding hydrogens is 344 g/mol. The van der Waals surface area contributed by atoms with Crippen molar-refractivity contribution >= 4 is 11.6 Å². The lowest BCUT2D eigenvalue weighted by Gasteiger charge is -2.40. The molecule has 0 aliphatic carbocycles. The number of methoxy groups -OCH3 is 2. The van der Waals surface area contributed by atoms with E-state index in [1.54, 1.807) is 14.2 Å². The average molecular weight is 377 g/mol. The van der Waals surface area contributed by atoms with E-state index in [1.165, 1.54) is 5.69 Å². The second-order valence-corrected chi connectivity index (χ2v) is 7.07. The van der Waals surface area contributed by atoms with Crippen LogP contribution >= 0.6 is 0 Å². The van der Waals surface area contributed by atoms with Crippen LogP contribution in [0.5, 0.6) is 5.75 Å². The number of hydrogen-bond donors (Lipinski definition) is 1. The van der Waals surface area contributed by atoms with Gasteiger partial charge in [-0.25, -0.2) is 0 Å². The molecule has 150 valence electrons. The molecule has 2 aliphatic heterocycles. The fourth-order valence-electron chi connectivity index (χ4n) is 3.74. The summed E-state index contributed by atoms with van der Waals surface area (Å²) in [6, 6.07) is 8.27. The van der Waals surface area contributed by atoms with Crippen molar-refractivity contribution in [3.8, 4) is 5.75 Å². The molecule has 0 radical (unpaired) electrons. The van der Waals surface area contributed by atoms with Gasteiger partial charge in [-0.15, -0.1) is 0 Å². The molecule has 1 aromatic carbocycles. The van der Waals surface area contributed by atoms with Gasteiger partial charge in [0.25, 0.3) is 0 Å². The average Bonchev–Trinajstić information content (AvgIpc) is 2.75. The molecule has 0 unspecified atom stereocenters. The maximum Gasteiger partial charge on any atom is 0.193 e. The van der Waals surface area contributed by atoms with Crippen molar-refractivity contribution in [1.29, 1.82) is 0 Å². The molecule has 7 nitrogen and oxygen atoms in total. The van der Waals surface area contributed by atoms with Crippen LogP contribution in [-0.4, -0.2) is 83.7 Å². The number of aliphatic imine (C=N–C) groups is 1. The van der Waals surface area contributed by atoms with Crippen molar-refractivity contribution in [2.24, 2.45) is 4.99 Å². The van der Waals surface area contributed by atoms with Gasteiger partial charge in [0.15, 0.2) is 5.96 Å². The normalized spacial score (nSPS) is 20.5. The van der Waals surface area contributed by atoms with E-state index in [-0.39, 0.29) is 5.60 Å². The maximum atomic E-state index is 5.82. The first-order valence-electron chi connectivity index (χ1n) is 9.67. The number of hydrogen-bond acceptors (Lipinski definition) is 5. The zero-order valence-electron chi connectivity index (χ0n) is 16.7. The first kappa shape index (κ1) is 19.8. The minimum Gasteiger partial charge on any atom is -0.497 e. The van der Waals surface area contributed by atoms with Crippen molar-refractivity contribution in [3.05, 3.63) is 24.3 Å². The molecule has 2 fully saturated rings. The van der Waals surface area contributed by atoms with E-state index in [9.17, 15) is 0 Å². The molecule has 3 rings (SSSR count). The zero-order valence-corrected chi connectivity index (χ0v) is 16.7. The Kier molecular flexibility index (Phi) is 6.79. The van der Waals surface area contributed by atoms with Crippen LogP contribution in [0, 0.1) is 0 Å². The lowest BCUT2D eigenvalue weighted by atomic mass is 9.94. The molecular formula is C20H32N4O3. The number of guanidine groups is 1. The van der Waals surface area contributed by atoms with E-state index in [0.717, 1.165) is 70.5 Å². The molecule has 1 N–H and O–H groups in total. The number of piperazine rings is 1. The van der Waals surface area contributed by atoms with Crippen LogP contribution in [0.3, 0.4) is 0 Å². The summed E-state index contributed by atoms with van der Waals surface area (Å²) >= 11 is 0. The van der Waals surface area contributed by atoms with Gasteiger partial charge < -0.3 is 29.3 Å². The molecule has 0 saturated carbocycles. The second kappa shape index (κ2) is 9.28. The molecule has 0 atom stereocenters. The Morgan fingerprint density at radius 3 is 2.33 bits per heavy atom. The Bertz CT molecular complexity index is 606. The molecule has 27 heavy (non-hydrogen) atoms. The number of nitrogens with zero attached hydrogens (tertiary/aromatic N) is 3. The first-order valence-corrected chi connectivity index (χ1v) is 9.67. The molecule has 1 aromatic rings. The van der Waals surface area contributed by atoms with Crippen LogP contribution in [0.25, 0.3) is 0 Å². The summed E-state index contributed by atoms with van der Waals surface area (Å²) in [5.41, 5.74) is 1.08. The van der Waals surface area contributed by atoms with Crippen molar-refractivity contribution in [2.45, 2.75) is 18.4 Å². The van der Waals surface area contributed by atoms with Crippen LogP contribution in [0.15, 0.2) is 29.3 Å². The van der Waals surface area contributed by atoms with E-state index in [0.29, 0.717) is 0 Å². The first-order chi connectivity index (χ1) is 13.2. The predicted molar refractivity (Wildman–Crippen MR) is 108 cm³/mol. The lowest BCUT2D eigenvalue weighted by Crippen LogP contribution is -2.56. The van der Waals surface area contributed by atoms with Crippen LogP contribution in [0.1, 0.15) is 12.8 Å². The van der Waals surface area contributed by atoms with Crippen molar-refractivity contribution < 1.29 is 14.2 Å². The number of rotatable bonds is 5. The van der Waals surface area contributed by atoms with Gasteiger partial charge in [-0.2, -0.15) is 0 Å². The standard InChI is InChI=1S/C20H32N4O3/c1-21-19(22-16-20(26-3)8-14-27-15-9-20)24-12-10-23(11-13-24)17-4-6-18(25-2)7-5-17/h4-7H,8-16H2,1-3H3,(H,21,22). The SMILES string of the molecule is CN=C(NCC1(OC)CCOCC1)N1CCN(c2ccc(OC)cc2)CC1. The summed E-state index contributed by atoms with van der Waals surface area (Å²) in [4.78, 5) is 9.21. The van der Waals surface area contributed by atoms with Crippen molar-refractivity contribution in [1.82, 2.24) is 10.2 Å². The van der Waals surface area contributed by atoms with Crippen molar-refractivity contribution in [2.75, 3.05) is 72.1 Å². The largest absolute Gasteiger partial charge is 0.497 e. The van der Waals surface area contributed by atoms with E-state index in [2.05, 4.69) is 32.2 Å². The van der Waals surface area contributed by atoms with Crippen LogP contribution in [0.2, 0.25) is 0 Å². The van der Waals surface area contributed by atoms with E-state index < -0.39 is 0 Å². The Balaban J connectivity index is 1.52. The molecule has 0 bridgehead atoms. The Morgan fingerprint density at radius 2 is 1.78 bits per heavy atom. The fourth-order valence-corrected chi connectivity index (χ4v) is 3.74. The Labute approximate surface area is 162 Å². The van der Waals surface area contributed by atoms with Gasteiger partial charge in [0, 0.05) is 78.6 Å². The lowest BCUT2D eigenvalue weighted by molar-refractivity contribution is -0.0857. The molecule has 0 aromatic heterocycles. The third kappa shape index (κ3) is 4.84. The van der Waals surface area contributed by atoms with E-state index in [4.69, 9.17) is 14.2 Å².